The van der Waals surface area contributed by atoms with Gasteiger partial charge >= 0.3 is 12.4 Å². The summed E-state index contributed by atoms with van der Waals surface area (Å²) in [4.78, 5) is 21.0. The number of alkyl halides is 3. The number of ether oxygens (including phenoxy) is 1. The summed E-state index contributed by atoms with van der Waals surface area (Å²) in [6, 6.07) is 15.6. The molecule has 0 aliphatic carbocycles. The van der Waals surface area contributed by atoms with Crippen LogP contribution in [0.4, 0.5) is 29.3 Å². The average Bonchev–Trinajstić information content (AvgIpc) is 3.23. The van der Waals surface area contributed by atoms with E-state index in [0.29, 0.717) is 28.1 Å². The minimum Gasteiger partial charge on any atom is -0.406 e. The van der Waals surface area contributed by atoms with Crippen molar-refractivity contribution >= 4 is 52.6 Å². The molecule has 0 unspecified atom stereocenters. The lowest BCUT2D eigenvalue weighted by atomic mass is 10.0. The second kappa shape index (κ2) is 12.1. The summed E-state index contributed by atoms with van der Waals surface area (Å²) < 4.78 is 49.2. The van der Waals surface area contributed by atoms with Crippen molar-refractivity contribution in [1.29, 1.82) is 0 Å². The van der Waals surface area contributed by atoms with Crippen LogP contribution in [0.15, 0.2) is 70.1 Å². The summed E-state index contributed by atoms with van der Waals surface area (Å²) in [6.45, 7) is 4.10. The molecule has 40 heavy (non-hydrogen) atoms. The van der Waals surface area contributed by atoms with Crippen LogP contribution < -0.4 is 20.5 Å². The number of amides is 2. The van der Waals surface area contributed by atoms with Gasteiger partial charge in [0, 0.05) is 12.7 Å². The second-order valence-corrected chi connectivity index (χ2v) is 9.34. The average molecular weight is 571 g/mol. The number of aliphatic imine (C=N–C) groups is 1. The maximum Gasteiger partial charge on any atom is 0.573 e. The zero-order chi connectivity index (χ0) is 28.9. The molecular formula is C26H25F3N8O2S. The molecule has 0 aliphatic heterocycles. The van der Waals surface area contributed by atoms with Gasteiger partial charge in [-0.2, -0.15) is 5.10 Å². The number of hydrogen-bond acceptors (Lipinski definition) is 7. The molecule has 2 amide bonds. The quantitative estimate of drug-likeness (QED) is 0.139. The fraction of sp³-hybridized carbons (Fsp3) is 0.192. The lowest BCUT2D eigenvalue weighted by molar-refractivity contribution is -0.274. The van der Waals surface area contributed by atoms with Crippen LogP contribution in [-0.2, 0) is 7.05 Å². The number of hydrogen-bond donors (Lipinski definition) is 3. The van der Waals surface area contributed by atoms with Crippen LogP contribution in [0.3, 0.4) is 0 Å². The number of anilines is 1. The molecule has 4 rings (SSSR count). The van der Waals surface area contributed by atoms with E-state index in [4.69, 9.17) is 5.73 Å². The number of urea groups is 1. The topological polar surface area (TPSA) is 132 Å². The Hall–Kier alpha value is -4.59. The first-order chi connectivity index (χ1) is 19.0. The van der Waals surface area contributed by atoms with E-state index in [1.165, 1.54) is 23.0 Å². The molecule has 10 nitrogen and oxygen atoms in total. The minimum atomic E-state index is -4.78. The Morgan fingerprint density at radius 1 is 1.12 bits per heavy atom. The molecule has 0 spiro atoms. The van der Waals surface area contributed by atoms with Crippen molar-refractivity contribution in [2.45, 2.75) is 26.1 Å². The number of amidine groups is 1. The number of nitrogens with zero attached hydrogens (tertiary/aromatic N) is 5. The Balaban J connectivity index is 1.41. The monoisotopic (exact) mass is 570 g/mol. The van der Waals surface area contributed by atoms with Crippen molar-refractivity contribution in [2.75, 3.05) is 5.32 Å². The molecule has 0 saturated carbocycles. The zero-order valence-electron chi connectivity index (χ0n) is 21.6. The molecular weight excluding hydrogens is 545 g/mol. The Morgan fingerprint density at radius 3 is 2.55 bits per heavy atom. The number of aromatic nitrogens is 3. The molecule has 2 aromatic heterocycles. The number of benzene rings is 2. The number of aryl methyl sites for hydroxylation is 1. The Bertz CT molecular complexity index is 1570. The van der Waals surface area contributed by atoms with E-state index in [1.807, 2.05) is 38.1 Å². The van der Waals surface area contributed by atoms with E-state index in [-0.39, 0.29) is 17.5 Å². The summed E-state index contributed by atoms with van der Waals surface area (Å²) in [7, 11) is 1.69. The normalized spacial score (nSPS) is 12.3. The maximum absolute atomic E-state index is 12.4. The fourth-order valence-electron chi connectivity index (χ4n) is 3.73. The molecule has 4 N–H and O–H groups in total. The van der Waals surface area contributed by atoms with Gasteiger partial charge in [0.2, 0.25) is 0 Å². The molecule has 0 bridgehead atoms. The first-order valence-electron chi connectivity index (χ1n) is 11.9. The number of para-hydroxylation sites is 1. The van der Waals surface area contributed by atoms with E-state index in [0.717, 1.165) is 35.5 Å². The van der Waals surface area contributed by atoms with E-state index >= 15 is 0 Å². The van der Waals surface area contributed by atoms with Crippen molar-refractivity contribution in [1.82, 2.24) is 19.5 Å². The van der Waals surface area contributed by atoms with Crippen LogP contribution in [0.5, 0.6) is 5.75 Å². The minimum absolute atomic E-state index is 0.0584. The predicted octanol–water partition coefficient (Wildman–Crippen LogP) is 5.83. The van der Waals surface area contributed by atoms with Gasteiger partial charge in [0.1, 0.15) is 11.4 Å². The smallest absolute Gasteiger partial charge is 0.406 e. The van der Waals surface area contributed by atoms with Crippen LogP contribution in [0, 0.1) is 0 Å². The highest BCUT2D eigenvalue weighted by atomic mass is 32.2. The van der Waals surface area contributed by atoms with Gasteiger partial charge in [-0.25, -0.2) is 23.9 Å². The van der Waals surface area contributed by atoms with Crippen LogP contribution in [-0.4, -0.2) is 39.2 Å². The van der Waals surface area contributed by atoms with Crippen LogP contribution in [0.1, 0.15) is 36.7 Å². The lowest BCUT2D eigenvalue weighted by Crippen LogP contribution is -2.23. The zero-order valence-corrected chi connectivity index (χ0v) is 22.4. The number of nitrogens with two attached hydrogens (primary N) is 1. The highest BCUT2D eigenvalue weighted by molar-refractivity contribution is 7.96. The molecule has 0 atom stereocenters. The van der Waals surface area contributed by atoms with Gasteiger partial charge in [-0.3, -0.25) is 4.72 Å². The molecule has 14 heteroatoms. The number of rotatable bonds is 8. The molecule has 2 aromatic carbocycles. The van der Waals surface area contributed by atoms with Crippen LogP contribution in [0.25, 0.3) is 11.0 Å². The largest absolute Gasteiger partial charge is 0.573 e. The van der Waals surface area contributed by atoms with Gasteiger partial charge < -0.3 is 15.8 Å². The van der Waals surface area contributed by atoms with Gasteiger partial charge in [-0.05, 0) is 53.9 Å². The van der Waals surface area contributed by atoms with E-state index in [2.05, 4.69) is 34.2 Å². The molecule has 2 heterocycles. The SMILES string of the molecule is CC(C)c1ccccc1NC(=O)NSN=Cc1ccc2c(C(N)=Nc3ccc(OC(F)(F)F)cc3)nn(C)c2n1. The highest BCUT2D eigenvalue weighted by Crippen LogP contribution is 2.26. The van der Waals surface area contributed by atoms with Crippen molar-refractivity contribution in [3.8, 4) is 5.75 Å². The summed E-state index contributed by atoms with van der Waals surface area (Å²) in [5, 5.41) is 7.82. The number of carbonyl (C=O) groups excluding carboxylic acids is 1. The second-order valence-electron chi connectivity index (χ2n) is 8.74. The molecule has 0 fully saturated rings. The van der Waals surface area contributed by atoms with Crippen LogP contribution >= 0.6 is 12.1 Å². The third kappa shape index (κ3) is 7.28. The summed E-state index contributed by atoms with van der Waals surface area (Å²) in [5.41, 5.74) is 9.61. The van der Waals surface area contributed by atoms with Crippen molar-refractivity contribution in [3.63, 3.8) is 0 Å². The van der Waals surface area contributed by atoms with Gasteiger partial charge in [0.25, 0.3) is 0 Å². The molecule has 0 saturated heterocycles. The predicted molar refractivity (Wildman–Crippen MR) is 150 cm³/mol. The molecule has 208 valence electrons. The Morgan fingerprint density at radius 2 is 1.85 bits per heavy atom. The van der Waals surface area contributed by atoms with E-state index < -0.39 is 12.4 Å². The Labute approximate surface area is 231 Å². The number of fused-ring (bicyclic) bond motifs is 1. The first-order valence-corrected chi connectivity index (χ1v) is 12.7. The number of pyridine rings is 1. The number of nitrogens with one attached hydrogen (secondary N) is 2. The highest BCUT2D eigenvalue weighted by Gasteiger charge is 2.31. The first kappa shape index (κ1) is 28.4. The van der Waals surface area contributed by atoms with Gasteiger partial charge in [0.05, 0.1) is 35.1 Å². The van der Waals surface area contributed by atoms with Gasteiger partial charge in [0.15, 0.2) is 11.5 Å². The Kier molecular flexibility index (Phi) is 8.58. The van der Waals surface area contributed by atoms with E-state index in [9.17, 15) is 18.0 Å². The maximum atomic E-state index is 12.4. The molecule has 4 aromatic rings. The third-order valence-corrected chi connectivity index (χ3v) is 5.97. The van der Waals surface area contributed by atoms with Gasteiger partial charge in [-0.15, -0.1) is 13.2 Å². The number of carbonyl (C=O) groups is 1. The van der Waals surface area contributed by atoms with E-state index in [1.54, 1.807) is 19.2 Å². The van der Waals surface area contributed by atoms with Crippen LogP contribution in [0.2, 0.25) is 0 Å². The van der Waals surface area contributed by atoms with Crippen molar-refractivity contribution in [3.05, 3.63) is 77.6 Å². The third-order valence-electron chi connectivity index (χ3n) is 5.48. The lowest BCUT2D eigenvalue weighted by Gasteiger charge is -2.13. The van der Waals surface area contributed by atoms with Crippen molar-refractivity contribution < 1.29 is 22.7 Å². The number of halogens is 3. The standard InChI is InChI=1S/C26H25F3N8O2S/c1-15(2)19-6-4-5-7-21(19)34-25(38)36-40-31-14-17-10-13-20-22(35-37(3)24(20)33-17)23(30)32-16-8-11-18(12-9-16)39-26(27,28)29/h4-15H,1-3H3,(H2,30,32)(H2,34,36,38). The molecule has 0 radical (unpaired) electrons. The van der Waals surface area contributed by atoms with Gasteiger partial charge in [-0.1, -0.05) is 32.0 Å². The summed E-state index contributed by atoms with van der Waals surface area (Å²) in [5.74, 6) is -0.0501. The van der Waals surface area contributed by atoms with Crippen molar-refractivity contribution in [2.24, 2.45) is 22.2 Å². The summed E-state index contributed by atoms with van der Waals surface area (Å²) in [6.07, 6.45) is -3.29. The molecule has 0 aliphatic rings. The summed E-state index contributed by atoms with van der Waals surface area (Å²) >= 11 is 0.849. The fourth-order valence-corrected chi connectivity index (χ4v) is 4.08.